The Morgan fingerprint density at radius 3 is 2.33 bits per heavy atom. The first kappa shape index (κ1) is 22.5. The van der Waals surface area contributed by atoms with E-state index in [-0.39, 0.29) is 0 Å². The number of aliphatic hydroxyl groups excluding tert-OH is 2. The first-order valence-electron chi connectivity index (χ1n) is 10.9. The maximum absolute atomic E-state index is 12.9. The van der Waals surface area contributed by atoms with E-state index in [1.54, 1.807) is 22.8 Å². The van der Waals surface area contributed by atoms with Gasteiger partial charge in [0.2, 0.25) is 0 Å². The Balaban J connectivity index is 1.37. The minimum Gasteiger partial charge on any atom is -0.380 e. The van der Waals surface area contributed by atoms with Crippen molar-refractivity contribution in [1.29, 1.82) is 0 Å². The van der Waals surface area contributed by atoms with Crippen LogP contribution in [0.2, 0.25) is 0 Å². The van der Waals surface area contributed by atoms with Crippen LogP contribution in [0.1, 0.15) is 24.9 Å². The van der Waals surface area contributed by atoms with Crippen molar-refractivity contribution < 1.29 is 19.8 Å². The Kier molecular flexibility index (Phi) is 6.71. The van der Waals surface area contributed by atoms with Gasteiger partial charge in [0.05, 0.1) is 17.4 Å². The number of carbonyl (C=O) groups is 2. The molecule has 9 nitrogen and oxygen atoms in total. The molecule has 0 aliphatic carbocycles. The van der Waals surface area contributed by atoms with E-state index in [0.29, 0.717) is 13.1 Å². The number of anilines is 1. The lowest BCUT2D eigenvalue weighted by Gasteiger charge is -2.32. The summed E-state index contributed by atoms with van der Waals surface area (Å²) in [4.78, 5) is 25.4. The third kappa shape index (κ3) is 4.89. The molecule has 2 aromatic carbocycles. The van der Waals surface area contributed by atoms with E-state index in [1.807, 2.05) is 66.9 Å². The number of nitrogens with zero attached hydrogens (tertiary/aromatic N) is 4. The molecule has 33 heavy (non-hydrogen) atoms. The summed E-state index contributed by atoms with van der Waals surface area (Å²) in [5, 5.41) is 30.8. The second-order valence-corrected chi connectivity index (χ2v) is 7.94. The van der Waals surface area contributed by atoms with Crippen molar-refractivity contribution in [2.24, 2.45) is 0 Å². The van der Waals surface area contributed by atoms with E-state index in [2.05, 4.69) is 10.4 Å². The van der Waals surface area contributed by atoms with Crippen molar-refractivity contribution in [1.82, 2.24) is 20.1 Å². The van der Waals surface area contributed by atoms with Crippen molar-refractivity contribution in [3.63, 3.8) is 0 Å². The Morgan fingerprint density at radius 1 is 0.939 bits per heavy atom. The topological polar surface area (TPSA) is 111 Å². The van der Waals surface area contributed by atoms with E-state index in [4.69, 9.17) is 0 Å². The minimum atomic E-state index is -1.89. The third-order valence-electron chi connectivity index (χ3n) is 5.68. The van der Waals surface area contributed by atoms with Gasteiger partial charge in [0.25, 0.3) is 11.8 Å². The van der Waals surface area contributed by atoms with Crippen LogP contribution in [-0.2, 0) is 9.59 Å². The summed E-state index contributed by atoms with van der Waals surface area (Å²) in [6, 6.07) is 18.1. The molecular weight excluding hydrogens is 422 g/mol. The van der Waals surface area contributed by atoms with Gasteiger partial charge in [0.15, 0.2) is 12.2 Å². The van der Waals surface area contributed by atoms with Gasteiger partial charge in [-0.1, -0.05) is 30.3 Å². The second-order valence-electron chi connectivity index (χ2n) is 7.94. The van der Waals surface area contributed by atoms with Crippen LogP contribution in [0, 0.1) is 0 Å². The molecule has 0 saturated carbocycles. The average molecular weight is 450 g/mol. The van der Waals surface area contributed by atoms with Gasteiger partial charge < -0.3 is 15.5 Å². The fraction of sp³-hybridized carbons (Fsp3) is 0.292. The highest BCUT2D eigenvalue weighted by Gasteiger charge is 2.37. The number of amides is 2. The lowest BCUT2D eigenvalue weighted by Crippen LogP contribution is -2.53. The Hall–Kier alpha value is -3.69. The van der Waals surface area contributed by atoms with Crippen LogP contribution in [0.15, 0.2) is 73.1 Å². The molecule has 2 heterocycles. The molecule has 1 aliphatic heterocycles. The van der Waals surface area contributed by atoms with E-state index in [9.17, 15) is 19.8 Å². The zero-order valence-corrected chi connectivity index (χ0v) is 18.3. The summed E-state index contributed by atoms with van der Waals surface area (Å²) in [6.45, 7) is 2.77. The standard InChI is InChI=1S/C24H27N5O4/c1-17(18-9-11-19(12-10-18)27-14-5-13-25-27)26-23(32)21(30)22(31)24(33)29-16-6-15-28(29)20-7-3-2-4-8-20/h2-5,7-14,17,21-22,30-31H,6,15-16H2,1H3,(H,26,32)/t17-,21-,22-/m1/s1. The Morgan fingerprint density at radius 2 is 1.67 bits per heavy atom. The molecular formula is C24H27N5O4. The number of rotatable bonds is 7. The summed E-state index contributed by atoms with van der Waals surface area (Å²) in [6.07, 6.45) is 0.478. The summed E-state index contributed by atoms with van der Waals surface area (Å²) < 4.78 is 1.72. The van der Waals surface area contributed by atoms with Crippen LogP contribution in [-0.4, -0.2) is 62.1 Å². The highest BCUT2D eigenvalue weighted by Crippen LogP contribution is 2.22. The molecule has 172 valence electrons. The first-order valence-corrected chi connectivity index (χ1v) is 10.9. The van der Waals surface area contributed by atoms with Crippen molar-refractivity contribution >= 4 is 17.5 Å². The number of hydrogen-bond acceptors (Lipinski definition) is 6. The number of hydrazine groups is 1. The number of benzene rings is 2. The summed E-state index contributed by atoms with van der Waals surface area (Å²) in [7, 11) is 0. The van der Waals surface area contributed by atoms with Gasteiger partial charge in [-0.05, 0) is 49.2 Å². The number of nitrogens with one attached hydrogen (secondary N) is 1. The van der Waals surface area contributed by atoms with E-state index >= 15 is 0 Å². The van der Waals surface area contributed by atoms with Crippen LogP contribution in [0.3, 0.4) is 0 Å². The quantitative estimate of drug-likeness (QED) is 0.503. The van der Waals surface area contributed by atoms with Crippen LogP contribution in [0.25, 0.3) is 5.69 Å². The van der Waals surface area contributed by atoms with Crippen LogP contribution < -0.4 is 10.3 Å². The molecule has 1 saturated heterocycles. The highest BCUT2D eigenvalue weighted by molar-refractivity contribution is 5.91. The highest BCUT2D eigenvalue weighted by atomic mass is 16.3. The van der Waals surface area contributed by atoms with Crippen LogP contribution >= 0.6 is 0 Å². The van der Waals surface area contributed by atoms with Crippen molar-refractivity contribution in [2.45, 2.75) is 31.6 Å². The predicted octanol–water partition coefficient (Wildman–Crippen LogP) is 1.43. The fourth-order valence-electron chi connectivity index (χ4n) is 3.86. The molecule has 1 aliphatic rings. The van der Waals surface area contributed by atoms with Gasteiger partial charge in [-0.15, -0.1) is 0 Å². The Labute approximate surface area is 191 Å². The smallest absolute Gasteiger partial charge is 0.273 e. The van der Waals surface area contributed by atoms with Gasteiger partial charge in [0, 0.05) is 25.5 Å². The molecule has 1 aromatic heterocycles. The SMILES string of the molecule is C[C@@H](NC(=O)[C@H](O)[C@@H](O)C(=O)N1CCCN1c1ccccc1)c1ccc(-n2cccn2)cc1. The van der Waals surface area contributed by atoms with Crippen molar-refractivity contribution in [2.75, 3.05) is 18.1 Å². The van der Waals surface area contributed by atoms with Gasteiger partial charge in [-0.25, -0.2) is 4.68 Å². The molecule has 2 amide bonds. The van der Waals surface area contributed by atoms with Crippen LogP contribution in [0.4, 0.5) is 5.69 Å². The molecule has 0 radical (unpaired) electrons. The molecule has 0 spiro atoms. The summed E-state index contributed by atoms with van der Waals surface area (Å²) >= 11 is 0. The van der Waals surface area contributed by atoms with E-state index < -0.39 is 30.1 Å². The lowest BCUT2D eigenvalue weighted by atomic mass is 10.1. The van der Waals surface area contributed by atoms with Gasteiger partial charge in [0.1, 0.15) is 0 Å². The number of aliphatic hydroxyl groups is 2. The van der Waals surface area contributed by atoms with Gasteiger partial charge >= 0.3 is 0 Å². The molecule has 4 rings (SSSR count). The monoisotopic (exact) mass is 449 g/mol. The van der Waals surface area contributed by atoms with Crippen molar-refractivity contribution in [3.05, 3.63) is 78.6 Å². The van der Waals surface area contributed by atoms with Crippen LogP contribution in [0.5, 0.6) is 0 Å². The summed E-state index contributed by atoms with van der Waals surface area (Å²) in [5.74, 6) is -1.53. The van der Waals surface area contributed by atoms with E-state index in [0.717, 1.165) is 23.4 Å². The molecule has 1 fully saturated rings. The van der Waals surface area contributed by atoms with Gasteiger partial charge in [-0.3, -0.25) is 19.6 Å². The first-order chi connectivity index (χ1) is 16.0. The lowest BCUT2D eigenvalue weighted by molar-refractivity contribution is -0.153. The molecule has 0 unspecified atom stereocenters. The number of para-hydroxylation sites is 1. The largest absolute Gasteiger partial charge is 0.380 e. The number of hydrogen-bond donors (Lipinski definition) is 3. The Bertz CT molecular complexity index is 1070. The molecule has 3 atom stereocenters. The maximum atomic E-state index is 12.9. The zero-order valence-electron chi connectivity index (χ0n) is 18.3. The zero-order chi connectivity index (χ0) is 23.4. The molecule has 9 heteroatoms. The average Bonchev–Trinajstić information content (AvgIpc) is 3.56. The van der Waals surface area contributed by atoms with Crippen molar-refractivity contribution in [3.8, 4) is 5.69 Å². The second kappa shape index (κ2) is 9.85. The predicted molar refractivity (Wildman–Crippen MR) is 122 cm³/mol. The fourth-order valence-corrected chi connectivity index (χ4v) is 3.86. The number of aromatic nitrogens is 2. The molecule has 0 bridgehead atoms. The third-order valence-corrected chi connectivity index (χ3v) is 5.68. The van der Waals surface area contributed by atoms with Gasteiger partial charge in [-0.2, -0.15) is 5.10 Å². The molecule has 3 N–H and O–H groups in total. The number of carbonyl (C=O) groups excluding carboxylic acids is 2. The minimum absolute atomic E-state index is 0.401. The normalized spacial score (nSPS) is 16.3. The summed E-state index contributed by atoms with van der Waals surface area (Å²) in [5.41, 5.74) is 2.49. The van der Waals surface area contributed by atoms with E-state index in [1.165, 1.54) is 5.01 Å². The maximum Gasteiger partial charge on any atom is 0.273 e. The molecule has 3 aromatic rings.